The Kier molecular flexibility index (Phi) is 4.88. The highest BCUT2D eigenvalue weighted by Crippen LogP contribution is 2.18. The molecule has 1 saturated carbocycles. The standard InChI is InChI=1S/C11H22N2O2/c1-3-13(2)11(15)12-9-7-5-4-6-8-10(9)14/h9-10,14H,3-8H2,1-2H3,(H,12,15). The molecule has 2 amide bonds. The van der Waals surface area contributed by atoms with E-state index in [0.29, 0.717) is 6.54 Å². The Labute approximate surface area is 91.6 Å². The van der Waals surface area contributed by atoms with E-state index >= 15 is 0 Å². The zero-order chi connectivity index (χ0) is 11.3. The molecule has 2 unspecified atom stereocenters. The van der Waals surface area contributed by atoms with E-state index in [1.54, 1.807) is 11.9 Å². The van der Waals surface area contributed by atoms with Gasteiger partial charge in [0.1, 0.15) is 0 Å². The van der Waals surface area contributed by atoms with E-state index < -0.39 is 0 Å². The molecule has 0 bridgehead atoms. The van der Waals surface area contributed by atoms with Crippen molar-refractivity contribution in [2.75, 3.05) is 13.6 Å². The largest absolute Gasteiger partial charge is 0.391 e. The fraction of sp³-hybridized carbons (Fsp3) is 0.909. The molecule has 4 nitrogen and oxygen atoms in total. The third-order valence-corrected chi connectivity index (χ3v) is 3.11. The van der Waals surface area contributed by atoms with Crippen LogP contribution in [0.4, 0.5) is 4.79 Å². The van der Waals surface area contributed by atoms with Crippen LogP contribution in [0.3, 0.4) is 0 Å². The molecule has 0 heterocycles. The van der Waals surface area contributed by atoms with E-state index in [1.165, 1.54) is 0 Å². The number of amides is 2. The molecule has 1 rings (SSSR count). The topological polar surface area (TPSA) is 52.6 Å². The highest BCUT2D eigenvalue weighted by atomic mass is 16.3. The van der Waals surface area contributed by atoms with Gasteiger partial charge in [0.2, 0.25) is 0 Å². The van der Waals surface area contributed by atoms with Gasteiger partial charge in [0.25, 0.3) is 0 Å². The Bertz CT molecular complexity index is 209. The first-order valence-electron chi connectivity index (χ1n) is 5.84. The predicted molar refractivity (Wildman–Crippen MR) is 59.7 cm³/mol. The Morgan fingerprint density at radius 2 is 2.07 bits per heavy atom. The molecule has 0 aliphatic heterocycles. The van der Waals surface area contributed by atoms with Crippen molar-refractivity contribution < 1.29 is 9.90 Å². The van der Waals surface area contributed by atoms with Gasteiger partial charge in [0, 0.05) is 13.6 Å². The Morgan fingerprint density at radius 3 is 2.73 bits per heavy atom. The lowest BCUT2D eigenvalue weighted by Crippen LogP contribution is -2.47. The van der Waals surface area contributed by atoms with Crippen molar-refractivity contribution >= 4 is 6.03 Å². The number of hydrogen-bond acceptors (Lipinski definition) is 2. The Balaban J connectivity index is 2.44. The van der Waals surface area contributed by atoms with Gasteiger partial charge in [-0.25, -0.2) is 4.79 Å². The molecule has 4 heteroatoms. The monoisotopic (exact) mass is 214 g/mol. The summed E-state index contributed by atoms with van der Waals surface area (Å²) in [5, 5.41) is 12.7. The van der Waals surface area contributed by atoms with Gasteiger partial charge in [-0.1, -0.05) is 19.3 Å². The minimum Gasteiger partial charge on any atom is -0.391 e. The number of aliphatic hydroxyl groups is 1. The number of aliphatic hydroxyl groups excluding tert-OH is 1. The number of rotatable bonds is 2. The highest BCUT2D eigenvalue weighted by Gasteiger charge is 2.23. The van der Waals surface area contributed by atoms with Crippen LogP contribution in [0.25, 0.3) is 0 Å². The summed E-state index contributed by atoms with van der Waals surface area (Å²) >= 11 is 0. The molecule has 0 aromatic carbocycles. The van der Waals surface area contributed by atoms with Crippen LogP contribution in [-0.2, 0) is 0 Å². The number of nitrogens with zero attached hydrogens (tertiary/aromatic N) is 1. The molecule has 15 heavy (non-hydrogen) atoms. The summed E-state index contributed by atoms with van der Waals surface area (Å²) in [6, 6.07) is -0.141. The average molecular weight is 214 g/mol. The molecule has 0 aromatic rings. The molecular weight excluding hydrogens is 192 g/mol. The van der Waals surface area contributed by atoms with Crippen LogP contribution in [0, 0.1) is 0 Å². The normalized spacial score (nSPS) is 26.9. The molecule has 2 atom stereocenters. The fourth-order valence-electron chi connectivity index (χ4n) is 1.87. The second-order valence-electron chi connectivity index (χ2n) is 4.28. The minimum absolute atomic E-state index is 0.0611. The van der Waals surface area contributed by atoms with Gasteiger partial charge in [-0.05, 0) is 19.8 Å². The quantitative estimate of drug-likeness (QED) is 0.682. The maximum Gasteiger partial charge on any atom is 0.317 e. The molecule has 1 fully saturated rings. The van der Waals surface area contributed by atoms with Crippen LogP contribution in [-0.4, -0.2) is 41.8 Å². The van der Waals surface area contributed by atoms with Gasteiger partial charge in [-0.3, -0.25) is 0 Å². The molecule has 0 aromatic heterocycles. The summed E-state index contributed by atoms with van der Waals surface area (Å²) in [5.74, 6) is 0. The van der Waals surface area contributed by atoms with Crippen LogP contribution in [0.2, 0.25) is 0 Å². The molecule has 2 N–H and O–H groups in total. The molecule has 1 aliphatic carbocycles. The van der Waals surface area contributed by atoms with Crippen molar-refractivity contribution in [1.29, 1.82) is 0 Å². The van der Waals surface area contributed by atoms with Crippen LogP contribution in [0.1, 0.15) is 39.0 Å². The van der Waals surface area contributed by atoms with Crippen LogP contribution >= 0.6 is 0 Å². The van der Waals surface area contributed by atoms with Crippen LogP contribution in [0.15, 0.2) is 0 Å². The van der Waals surface area contributed by atoms with Crippen molar-refractivity contribution in [2.24, 2.45) is 0 Å². The van der Waals surface area contributed by atoms with E-state index in [1.807, 2.05) is 6.92 Å². The van der Waals surface area contributed by atoms with E-state index in [-0.39, 0.29) is 18.2 Å². The third-order valence-electron chi connectivity index (χ3n) is 3.11. The molecule has 88 valence electrons. The maximum absolute atomic E-state index is 11.6. The number of hydrogen-bond donors (Lipinski definition) is 2. The SMILES string of the molecule is CCN(C)C(=O)NC1CCCCCC1O. The lowest BCUT2D eigenvalue weighted by atomic mass is 10.1. The molecular formula is C11H22N2O2. The minimum atomic E-state index is -0.373. The van der Waals surface area contributed by atoms with E-state index in [0.717, 1.165) is 32.1 Å². The Hall–Kier alpha value is -0.770. The smallest absolute Gasteiger partial charge is 0.317 e. The van der Waals surface area contributed by atoms with Crippen molar-refractivity contribution in [3.63, 3.8) is 0 Å². The fourth-order valence-corrected chi connectivity index (χ4v) is 1.87. The first-order chi connectivity index (χ1) is 7.15. The molecule has 1 aliphatic rings. The average Bonchev–Trinajstić information content (AvgIpc) is 2.43. The molecule has 0 saturated heterocycles. The van der Waals surface area contributed by atoms with Crippen molar-refractivity contribution in [3.8, 4) is 0 Å². The Morgan fingerprint density at radius 1 is 1.40 bits per heavy atom. The second-order valence-corrected chi connectivity index (χ2v) is 4.28. The molecule has 0 spiro atoms. The lowest BCUT2D eigenvalue weighted by Gasteiger charge is -2.24. The summed E-state index contributed by atoms with van der Waals surface area (Å²) < 4.78 is 0. The van der Waals surface area contributed by atoms with Crippen molar-refractivity contribution in [3.05, 3.63) is 0 Å². The summed E-state index contributed by atoms with van der Waals surface area (Å²) in [4.78, 5) is 13.2. The van der Waals surface area contributed by atoms with Crippen molar-refractivity contribution in [1.82, 2.24) is 10.2 Å². The van der Waals surface area contributed by atoms with Gasteiger partial charge in [-0.2, -0.15) is 0 Å². The zero-order valence-corrected chi connectivity index (χ0v) is 9.70. The first-order valence-corrected chi connectivity index (χ1v) is 5.84. The van der Waals surface area contributed by atoms with Crippen molar-refractivity contribution in [2.45, 2.75) is 51.2 Å². The van der Waals surface area contributed by atoms with Gasteiger partial charge in [0.05, 0.1) is 12.1 Å². The number of nitrogens with one attached hydrogen (secondary N) is 1. The first kappa shape index (κ1) is 12.3. The third kappa shape index (κ3) is 3.70. The summed E-state index contributed by atoms with van der Waals surface area (Å²) in [6.07, 6.45) is 4.65. The van der Waals surface area contributed by atoms with Gasteiger partial charge in [-0.15, -0.1) is 0 Å². The number of urea groups is 1. The zero-order valence-electron chi connectivity index (χ0n) is 9.70. The predicted octanol–water partition coefficient (Wildman–Crippen LogP) is 1.34. The maximum atomic E-state index is 11.6. The summed E-state index contributed by atoms with van der Waals surface area (Å²) in [6.45, 7) is 2.62. The van der Waals surface area contributed by atoms with Crippen LogP contribution in [0.5, 0.6) is 0 Å². The van der Waals surface area contributed by atoms with E-state index in [9.17, 15) is 9.90 Å². The number of carbonyl (C=O) groups excluding carboxylic acids is 1. The highest BCUT2D eigenvalue weighted by molar-refractivity contribution is 5.74. The van der Waals surface area contributed by atoms with Gasteiger partial charge in [0.15, 0.2) is 0 Å². The van der Waals surface area contributed by atoms with E-state index in [4.69, 9.17) is 0 Å². The van der Waals surface area contributed by atoms with Gasteiger partial charge >= 0.3 is 6.03 Å². The second kappa shape index (κ2) is 5.95. The lowest BCUT2D eigenvalue weighted by molar-refractivity contribution is 0.118. The van der Waals surface area contributed by atoms with Gasteiger partial charge < -0.3 is 15.3 Å². The summed E-state index contributed by atoms with van der Waals surface area (Å²) in [7, 11) is 1.76. The number of carbonyl (C=O) groups is 1. The van der Waals surface area contributed by atoms with Crippen LogP contribution < -0.4 is 5.32 Å². The van der Waals surface area contributed by atoms with E-state index in [2.05, 4.69) is 5.32 Å². The molecule has 0 radical (unpaired) electrons. The summed E-state index contributed by atoms with van der Waals surface area (Å²) in [5.41, 5.74) is 0.